The fourth-order valence-electron chi connectivity index (χ4n) is 2.25. The molecule has 0 saturated carbocycles. The van der Waals surface area contributed by atoms with Crippen molar-refractivity contribution in [1.29, 1.82) is 0 Å². The molecule has 0 radical (unpaired) electrons. The summed E-state index contributed by atoms with van der Waals surface area (Å²) >= 11 is 0. The largest absolute Gasteiger partial charge is 0.462 e. The van der Waals surface area contributed by atoms with E-state index in [4.69, 9.17) is 9.47 Å². The summed E-state index contributed by atoms with van der Waals surface area (Å²) in [5, 5.41) is 3.74. The molecule has 22 heavy (non-hydrogen) atoms. The summed E-state index contributed by atoms with van der Waals surface area (Å²) in [6, 6.07) is 5.41. The quantitative estimate of drug-likeness (QED) is 0.762. The first-order valence-electron chi connectivity index (χ1n) is 7.18. The van der Waals surface area contributed by atoms with E-state index in [-0.39, 0.29) is 18.5 Å². The molecule has 2 rings (SSSR count). The molecule has 118 valence electrons. The van der Waals surface area contributed by atoms with Gasteiger partial charge in [0.1, 0.15) is 6.61 Å². The molecule has 0 aliphatic rings. The lowest BCUT2D eigenvalue weighted by molar-refractivity contribution is -0.124. The monoisotopic (exact) mass is 304 g/mol. The number of fused-ring (bicyclic) bond motifs is 1. The molecular formula is C16H20N2O4. The van der Waals surface area contributed by atoms with Crippen LogP contribution in [-0.2, 0) is 20.7 Å². The third-order valence-electron chi connectivity index (χ3n) is 3.27. The number of aromatic nitrogens is 1. The Morgan fingerprint density at radius 2 is 2.14 bits per heavy atom. The Hall–Kier alpha value is -2.34. The van der Waals surface area contributed by atoms with Gasteiger partial charge in [0.2, 0.25) is 5.91 Å². The van der Waals surface area contributed by atoms with Crippen LogP contribution in [0.5, 0.6) is 0 Å². The Morgan fingerprint density at radius 3 is 2.86 bits per heavy atom. The van der Waals surface area contributed by atoms with Crippen molar-refractivity contribution in [3.05, 3.63) is 35.5 Å². The minimum atomic E-state index is -0.329. The predicted molar refractivity (Wildman–Crippen MR) is 82.8 cm³/mol. The SMILES string of the molecule is CCOC(=O)c1ccc2[nH]cc(CCNC(=O)COC)c2c1. The van der Waals surface area contributed by atoms with Crippen LogP contribution >= 0.6 is 0 Å². The Morgan fingerprint density at radius 1 is 1.32 bits per heavy atom. The Balaban J connectivity index is 2.08. The summed E-state index contributed by atoms with van der Waals surface area (Å²) < 4.78 is 9.77. The van der Waals surface area contributed by atoms with Gasteiger partial charge in [-0.3, -0.25) is 4.79 Å². The van der Waals surface area contributed by atoms with Crippen molar-refractivity contribution in [2.45, 2.75) is 13.3 Å². The number of aromatic amines is 1. The standard InChI is InChI=1S/C16H20N2O4/c1-3-22-16(20)11-4-5-14-13(8-11)12(9-18-14)6-7-17-15(19)10-21-2/h4-5,8-9,18H,3,6-7,10H2,1-2H3,(H,17,19). The molecule has 1 amide bonds. The van der Waals surface area contributed by atoms with Crippen LogP contribution in [0.15, 0.2) is 24.4 Å². The van der Waals surface area contributed by atoms with Gasteiger partial charge >= 0.3 is 5.97 Å². The normalized spacial score (nSPS) is 10.6. The number of carbonyl (C=O) groups is 2. The van der Waals surface area contributed by atoms with Gasteiger partial charge in [-0.15, -0.1) is 0 Å². The zero-order valence-electron chi connectivity index (χ0n) is 12.8. The van der Waals surface area contributed by atoms with Crippen LogP contribution in [0.2, 0.25) is 0 Å². The molecule has 0 atom stereocenters. The van der Waals surface area contributed by atoms with Gasteiger partial charge in [-0.05, 0) is 37.1 Å². The number of H-pyrrole nitrogens is 1. The molecule has 2 N–H and O–H groups in total. The fourth-order valence-corrected chi connectivity index (χ4v) is 2.25. The van der Waals surface area contributed by atoms with E-state index in [1.165, 1.54) is 7.11 Å². The highest BCUT2D eigenvalue weighted by molar-refractivity contribution is 5.95. The van der Waals surface area contributed by atoms with Crippen LogP contribution in [0, 0.1) is 0 Å². The second kappa shape index (κ2) is 7.61. The van der Waals surface area contributed by atoms with Crippen molar-refractivity contribution in [3.63, 3.8) is 0 Å². The number of hydrogen-bond donors (Lipinski definition) is 2. The number of nitrogens with one attached hydrogen (secondary N) is 2. The van der Waals surface area contributed by atoms with Crippen molar-refractivity contribution in [2.24, 2.45) is 0 Å². The van der Waals surface area contributed by atoms with Gasteiger partial charge in [-0.2, -0.15) is 0 Å². The summed E-state index contributed by atoms with van der Waals surface area (Å²) in [7, 11) is 1.48. The van der Waals surface area contributed by atoms with Crippen molar-refractivity contribution < 1.29 is 19.1 Å². The van der Waals surface area contributed by atoms with Crippen LogP contribution in [0.1, 0.15) is 22.8 Å². The first kappa shape index (κ1) is 16.0. The molecule has 0 aliphatic carbocycles. The number of ether oxygens (including phenoxy) is 2. The van der Waals surface area contributed by atoms with E-state index in [2.05, 4.69) is 10.3 Å². The van der Waals surface area contributed by atoms with Crippen molar-refractivity contribution in [2.75, 3.05) is 26.9 Å². The van der Waals surface area contributed by atoms with Gasteiger partial charge in [0.25, 0.3) is 0 Å². The lowest BCUT2D eigenvalue weighted by Crippen LogP contribution is -2.28. The number of esters is 1. The van der Waals surface area contributed by atoms with E-state index < -0.39 is 0 Å². The molecule has 6 nitrogen and oxygen atoms in total. The van der Waals surface area contributed by atoms with Crippen LogP contribution in [0.25, 0.3) is 10.9 Å². The Labute approximate surface area is 128 Å². The second-order valence-electron chi connectivity index (χ2n) is 4.83. The lowest BCUT2D eigenvalue weighted by Gasteiger charge is -2.05. The first-order chi connectivity index (χ1) is 10.7. The van der Waals surface area contributed by atoms with E-state index in [0.29, 0.717) is 25.1 Å². The average molecular weight is 304 g/mol. The molecule has 0 saturated heterocycles. The van der Waals surface area contributed by atoms with Crippen molar-refractivity contribution in [3.8, 4) is 0 Å². The van der Waals surface area contributed by atoms with Gasteiger partial charge in [0.05, 0.1) is 12.2 Å². The Bertz CT molecular complexity index is 663. The molecule has 0 aliphatic heterocycles. The van der Waals surface area contributed by atoms with Gasteiger partial charge < -0.3 is 19.8 Å². The molecule has 6 heteroatoms. The number of carbonyl (C=O) groups excluding carboxylic acids is 2. The number of benzene rings is 1. The van der Waals surface area contributed by atoms with Gasteiger partial charge in [0.15, 0.2) is 0 Å². The van der Waals surface area contributed by atoms with Crippen LogP contribution in [-0.4, -0.2) is 43.7 Å². The number of hydrogen-bond acceptors (Lipinski definition) is 4. The maximum absolute atomic E-state index is 11.8. The minimum absolute atomic E-state index is 0.0564. The highest BCUT2D eigenvalue weighted by Gasteiger charge is 2.10. The van der Waals surface area contributed by atoms with Crippen LogP contribution in [0.3, 0.4) is 0 Å². The molecule has 1 aromatic heterocycles. The molecular weight excluding hydrogens is 284 g/mol. The molecule has 2 aromatic rings. The number of rotatable bonds is 7. The van der Waals surface area contributed by atoms with Crippen LogP contribution in [0.4, 0.5) is 0 Å². The summed E-state index contributed by atoms with van der Waals surface area (Å²) in [6.07, 6.45) is 2.56. The minimum Gasteiger partial charge on any atom is -0.462 e. The third-order valence-corrected chi connectivity index (χ3v) is 3.27. The van der Waals surface area contributed by atoms with Gasteiger partial charge in [-0.25, -0.2) is 4.79 Å². The molecule has 1 heterocycles. The zero-order valence-corrected chi connectivity index (χ0v) is 12.8. The molecule has 0 fully saturated rings. The smallest absolute Gasteiger partial charge is 0.338 e. The van der Waals surface area contributed by atoms with E-state index in [0.717, 1.165) is 16.5 Å². The Kier molecular flexibility index (Phi) is 5.55. The summed E-state index contributed by atoms with van der Waals surface area (Å²) in [4.78, 5) is 26.3. The van der Waals surface area contributed by atoms with Crippen molar-refractivity contribution >= 4 is 22.8 Å². The average Bonchev–Trinajstić information content (AvgIpc) is 2.90. The summed E-state index contributed by atoms with van der Waals surface area (Å²) in [6.45, 7) is 2.70. The van der Waals surface area contributed by atoms with Gasteiger partial charge in [0, 0.05) is 30.8 Å². The molecule has 1 aromatic carbocycles. The topological polar surface area (TPSA) is 80.4 Å². The summed E-state index contributed by atoms with van der Waals surface area (Å²) in [5.74, 6) is -0.473. The summed E-state index contributed by atoms with van der Waals surface area (Å²) in [5.41, 5.74) is 2.52. The van der Waals surface area contributed by atoms with E-state index in [9.17, 15) is 9.59 Å². The predicted octanol–water partition coefficient (Wildman–Crippen LogP) is 1.65. The lowest BCUT2D eigenvalue weighted by atomic mass is 10.1. The van der Waals surface area contributed by atoms with E-state index in [1.54, 1.807) is 13.0 Å². The number of methoxy groups -OCH3 is 1. The molecule has 0 spiro atoms. The van der Waals surface area contributed by atoms with Gasteiger partial charge in [-0.1, -0.05) is 0 Å². The van der Waals surface area contributed by atoms with Crippen LogP contribution < -0.4 is 5.32 Å². The molecule has 0 bridgehead atoms. The number of amides is 1. The van der Waals surface area contributed by atoms with Crippen molar-refractivity contribution in [1.82, 2.24) is 10.3 Å². The van der Waals surface area contributed by atoms with E-state index >= 15 is 0 Å². The molecule has 0 unspecified atom stereocenters. The fraction of sp³-hybridized carbons (Fsp3) is 0.375. The second-order valence-corrected chi connectivity index (χ2v) is 4.83. The highest BCUT2D eigenvalue weighted by Crippen LogP contribution is 2.20. The maximum Gasteiger partial charge on any atom is 0.338 e. The third kappa shape index (κ3) is 3.85. The van der Waals surface area contributed by atoms with E-state index in [1.807, 2.05) is 18.3 Å². The zero-order chi connectivity index (χ0) is 15.9. The highest BCUT2D eigenvalue weighted by atomic mass is 16.5. The maximum atomic E-state index is 11.8. The first-order valence-corrected chi connectivity index (χ1v) is 7.18.